The van der Waals surface area contributed by atoms with Crippen LogP contribution in [0.15, 0.2) is 71.2 Å². The Labute approximate surface area is 131 Å². The van der Waals surface area contributed by atoms with Crippen molar-refractivity contribution in [3.05, 3.63) is 76.8 Å². The number of hydrogen-bond acceptors (Lipinski definition) is 1. The van der Waals surface area contributed by atoms with Gasteiger partial charge in [0, 0.05) is 21.1 Å². The predicted molar refractivity (Wildman–Crippen MR) is 93.4 cm³/mol. The fourth-order valence-corrected chi connectivity index (χ4v) is 2.64. The van der Waals surface area contributed by atoms with Gasteiger partial charge in [-0.05, 0) is 23.6 Å². The molecule has 0 saturated carbocycles. The van der Waals surface area contributed by atoms with Crippen LogP contribution in [-0.2, 0) is 0 Å². The van der Waals surface area contributed by atoms with Crippen molar-refractivity contribution in [3.8, 4) is 0 Å². The van der Waals surface area contributed by atoms with Gasteiger partial charge in [-0.1, -0.05) is 76.7 Å². The Kier molecular flexibility index (Phi) is 3.81. The average Bonchev–Trinajstić information content (AvgIpc) is 2.48. The normalized spacial score (nSPS) is 10.4. The van der Waals surface area contributed by atoms with Crippen molar-refractivity contribution in [1.29, 1.82) is 0 Å². The molecule has 3 heteroatoms. The summed E-state index contributed by atoms with van der Waals surface area (Å²) in [6.07, 6.45) is 0. The molecule has 0 saturated heterocycles. The zero-order chi connectivity index (χ0) is 13.9. The Morgan fingerprint density at radius 3 is 2.35 bits per heavy atom. The van der Waals surface area contributed by atoms with E-state index in [1.165, 1.54) is 10.8 Å². The van der Waals surface area contributed by atoms with E-state index in [1.54, 1.807) is 0 Å². The predicted octanol–water partition coefficient (Wildman–Crippen LogP) is 5.39. The van der Waals surface area contributed by atoms with Crippen molar-refractivity contribution in [2.45, 2.75) is 0 Å². The van der Waals surface area contributed by atoms with Crippen molar-refractivity contribution >= 4 is 49.6 Å². The zero-order valence-electron chi connectivity index (χ0n) is 10.6. The van der Waals surface area contributed by atoms with Crippen LogP contribution in [0.1, 0.15) is 5.56 Å². The molecule has 0 unspecified atom stereocenters. The quantitative estimate of drug-likeness (QED) is 0.627. The van der Waals surface area contributed by atoms with Gasteiger partial charge in [0.1, 0.15) is 4.99 Å². The summed E-state index contributed by atoms with van der Waals surface area (Å²) in [4.78, 5) is 0.730. The number of halogens is 1. The van der Waals surface area contributed by atoms with Crippen molar-refractivity contribution < 1.29 is 0 Å². The molecule has 1 nitrogen and oxygen atoms in total. The molecule has 20 heavy (non-hydrogen) atoms. The molecular weight excluding hydrogens is 330 g/mol. The first-order valence-corrected chi connectivity index (χ1v) is 7.49. The molecule has 0 aliphatic carbocycles. The maximum atomic E-state index is 5.48. The van der Waals surface area contributed by atoms with Gasteiger partial charge in [-0.15, -0.1) is 0 Å². The summed E-state index contributed by atoms with van der Waals surface area (Å²) in [5, 5.41) is 5.72. The second-order valence-corrected chi connectivity index (χ2v) is 5.81. The third kappa shape index (κ3) is 2.74. The highest BCUT2D eigenvalue weighted by atomic mass is 79.9. The van der Waals surface area contributed by atoms with Crippen LogP contribution in [0.2, 0.25) is 0 Å². The summed E-state index contributed by atoms with van der Waals surface area (Å²) in [6, 6.07) is 22.5. The van der Waals surface area contributed by atoms with Crippen molar-refractivity contribution in [3.63, 3.8) is 0 Å². The van der Waals surface area contributed by atoms with Gasteiger partial charge < -0.3 is 5.32 Å². The lowest BCUT2D eigenvalue weighted by atomic mass is 10.1. The molecule has 0 amide bonds. The highest BCUT2D eigenvalue weighted by Gasteiger charge is 2.04. The van der Waals surface area contributed by atoms with Crippen LogP contribution in [0.25, 0.3) is 10.8 Å². The van der Waals surface area contributed by atoms with Crippen LogP contribution >= 0.6 is 28.1 Å². The van der Waals surface area contributed by atoms with Crippen LogP contribution in [-0.4, -0.2) is 4.99 Å². The van der Waals surface area contributed by atoms with E-state index in [1.807, 2.05) is 48.5 Å². The summed E-state index contributed by atoms with van der Waals surface area (Å²) in [6.45, 7) is 0. The molecule has 0 fully saturated rings. The Morgan fingerprint density at radius 1 is 0.850 bits per heavy atom. The van der Waals surface area contributed by atoms with Crippen molar-refractivity contribution in [2.24, 2.45) is 0 Å². The maximum Gasteiger partial charge on any atom is 0.111 e. The topological polar surface area (TPSA) is 12.0 Å². The van der Waals surface area contributed by atoms with Gasteiger partial charge >= 0.3 is 0 Å². The van der Waals surface area contributed by atoms with Gasteiger partial charge in [-0.25, -0.2) is 0 Å². The van der Waals surface area contributed by atoms with Crippen molar-refractivity contribution in [1.82, 2.24) is 0 Å². The van der Waals surface area contributed by atoms with Gasteiger partial charge in [0.15, 0.2) is 0 Å². The third-order valence-electron chi connectivity index (χ3n) is 3.14. The molecule has 3 aromatic rings. The summed E-state index contributed by atoms with van der Waals surface area (Å²) in [5.41, 5.74) is 2.05. The van der Waals surface area contributed by atoms with Crippen molar-refractivity contribution in [2.75, 3.05) is 5.32 Å². The highest BCUT2D eigenvalue weighted by molar-refractivity contribution is 9.10. The number of rotatable bonds is 2. The molecule has 1 N–H and O–H groups in total. The molecule has 0 heterocycles. The Bertz CT molecular complexity index is 760. The fourth-order valence-electron chi connectivity index (χ4n) is 2.13. The lowest BCUT2D eigenvalue weighted by Crippen LogP contribution is -2.10. The maximum absolute atomic E-state index is 5.48. The molecule has 0 radical (unpaired) electrons. The first-order valence-electron chi connectivity index (χ1n) is 6.29. The van der Waals surface area contributed by atoms with E-state index < -0.39 is 0 Å². The molecule has 0 aromatic heterocycles. The van der Waals surface area contributed by atoms with Crippen LogP contribution in [0.3, 0.4) is 0 Å². The molecule has 3 rings (SSSR count). The van der Waals surface area contributed by atoms with E-state index in [0.717, 1.165) is 20.7 Å². The molecule has 0 spiro atoms. The van der Waals surface area contributed by atoms with E-state index in [4.69, 9.17) is 12.2 Å². The second kappa shape index (κ2) is 5.73. The van der Waals surface area contributed by atoms with E-state index in [0.29, 0.717) is 0 Å². The minimum atomic E-state index is 0.730. The summed E-state index contributed by atoms with van der Waals surface area (Å²) < 4.78 is 1.05. The molecular formula is C17H12BrNS. The number of nitrogens with one attached hydrogen (secondary N) is 1. The number of fused-ring (bicyclic) bond motifs is 1. The monoisotopic (exact) mass is 341 g/mol. The number of thiocarbonyl (C=S) groups is 1. The third-order valence-corrected chi connectivity index (χ3v) is 4.01. The Morgan fingerprint density at radius 2 is 1.55 bits per heavy atom. The molecule has 3 aromatic carbocycles. The number of anilines is 1. The second-order valence-electron chi connectivity index (χ2n) is 4.49. The lowest BCUT2D eigenvalue weighted by molar-refractivity contribution is 1.60. The fraction of sp³-hybridized carbons (Fsp3) is 0. The zero-order valence-corrected chi connectivity index (χ0v) is 13.0. The SMILES string of the molecule is S=C(Nc1cccc2ccccc12)c1ccc(Br)cc1. The Hall–Kier alpha value is -1.71. The minimum absolute atomic E-state index is 0.730. The number of hydrogen-bond donors (Lipinski definition) is 1. The van der Waals surface area contributed by atoms with Gasteiger partial charge in [0.25, 0.3) is 0 Å². The van der Waals surface area contributed by atoms with Crippen LogP contribution < -0.4 is 5.32 Å². The summed E-state index contributed by atoms with van der Waals surface area (Å²) in [5.74, 6) is 0. The smallest absolute Gasteiger partial charge is 0.111 e. The van der Waals surface area contributed by atoms with Gasteiger partial charge in [-0.3, -0.25) is 0 Å². The standard InChI is InChI=1S/C17H12BrNS/c18-14-10-8-13(9-11-14)17(20)19-16-7-3-5-12-4-1-2-6-15(12)16/h1-11H,(H,19,20). The van der Waals surface area contributed by atoms with Crippen LogP contribution in [0, 0.1) is 0 Å². The first-order chi connectivity index (χ1) is 9.74. The van der Waals surface area contributed by atoms with E-state index >= 15 is 0 Å². The van der Waals surface area contributed by atoms with E-state index in [2.05, 4.69) is 39.4 Å². The highest BCUT2D eigenvalue weighted by Crippen LogP contribution is 2.23. The molecule has 0 aliphatic heterocycles. The summed E-state index contributed by atoms with van der Waals surface area (Å²) in [7, 11) is 0. The summed E-state index contributed by atoms with van der Waals surface area (Å²) >= 11 is 8.91. The lowest BCUT2D eigenvalue weighted by Gasteiger charge is -2.11. The van der Waals surface area contributed by atoms with Crippen LogP contribution in [0.4, 0.5) is 5.69 Å². The Balaban J connectivity index is 1.93. The number of benzene rings is 3. The molecule has 0 aliphatic rings. The molecule has 98 valence electrons. The largest absolute Gasteiger partial charge is 0.346 e. The molecule has 0 atom stereocenters. The van der Waals surface area contributed by atoms with E-state index in [9.17, 15) is 0 Å². The van der Waals surface area contributed by atoms with Gasteiger partial charge in [-0.2, -0.15) is 0 Å². The average molecular weight is 342 g/mol. The van der Waals surface area contributed by atoms with E-state index in [-0.39, 0.29) is 0 Å². The van der Waals surface area contributed by atoms with Gasteiger partial charge in [0.2, 0.25) is 0 Å². The van der Waals surface area contributed by atoms with Crippen LogP contribution in [0.5, 0.6) is 0 Å². The minimum Gasteiger partial charge on any atom is -0.346 e. The molecule has 0 bridgehead atoms. The first kappa shape index (κ1) is 13.3. The van der Waals surface area contributed by atoms with Gasteiger partial charge in [0.05, 0.1) is 0 Å².